The molecule has 0 unspecified atom stereocenters. The van der Waals surface area contributed by atoms with E-state index in [4.69, 9.17) is 15.0 Å². The van der Waals surface area contributed by atoms with Crippen LogP contribution in [-0.4, -0.2) is 33.2 Å². The lowest BCUT2D eigenvalue weighted by Crippen LogP contribution is -2.05. The number of para-hydroxylation sites is 8. The van der Waals surface area contributed by atoms with Crippen LogP contribution in [0.2, 0.25) is 0 Å². The molecule has 7 heteroatoms. The van der Waals surface area contributed by atoms with E-state index in [1.165, 1.54) is 43.1 Å². The lowest BCUT2D eigenvalue weighted by molar-refractivity contribution is 1.06. The van der Waals surface area contributed by atoms with Crippen molar-refractivity contribution in [1.82, 2.24) is 33.2 Å². The van der Waals surface area contributed by atoms with Gasteiger partial charge in [-0.25, -0.2) is 15.0 Å². The zero-order chi connectivity index (χ0) is 53.8. The van der Waals surface area contributed by atoms with Gasteiger partial charge in [0.25, 0.3) is 0 Å². The molecule has 0 aliphatic heterocycles. The van der Waals surface area contributed by atoms with Crippen molar-refractivity contribution in [3.05, 3.63) is 285 Å². The van der Waals surface area contributed by atoms with Crippen LogP contribution in [0.15, 0.2) is 285 Å². The summed E-state index contributed by atoms with van der Waals surface area (Å²) in [5.74, 6) is 1.67. The van der Waals surface area contributed by atoms with Crippen molar-refractivity contribution >= 4 is 87.2 Å². The van der Waals surface area contributed by atoms with Crippen molar-refractivity contribution in [2.24, 2.45) is 0 Å². The highest BCUT2D eigenvalue weighted by atomic mass is 15.1. The average molecular weight is 1050 g/mol. The van der Waals surface area contributed by atoms with Crippen molar-refractivity contribution in [1.29, 1.82) is 0 Å². The fraction of sp³-hybridized carbons (Fsp3) is 0. The molecule has 0 N–H and O–H groups in total. The average Bonchev–Trinajstić information content (AvgIpc) is 4.24. The second kappa shape index (κ2) is 18.2. The lowest BCUT2D eigenvalue weighted by Gasteiger charge is -2.17. The molecule has 0 aliphatic rings. The van der Waals surface area contributed by atoms with E-state index in [-0.39, 0.29) is 0 Å². The molecule has 7 nitrogen and oxygen atoms in total. The number of rotatable bonds is 8. The predicted molar refractivity (Wildman–Crippen MR) is 339 cm³/mol. The van der Waals surface area contributed by atoms with E-state index in [9.17, 15) is 0 Å². The van der Waals surface area contributed by atoms with Crippen LogP contribution in [0.4, 0.5) is 0 Å². The Morgan fingerprint density at radius 1 is 0.171 bits per heavy atom. The summed E-state index contributed by atoms with van der Waals surface area (Å²) in [4.78, 5) is 16.9. The summed E-state index contributed by atoms with van der Waals surface area (Å²) >= 11 is 0. The van der Waals surface area contributed by atoms with Crippen LogP contribution in [0.5, 0.6) is 0 Å². The normalized spacial score (nSPS) is 11.9. The van der Waals surface area contributed by atoms with E-state index in [2.05, 4.69) is 303 Å². The second-order valence-corrected chi connectivity index (χ2v) is 21.2. The highest BCUT2D eigenvalue weighted by Crippen LogP contribution is 2.41. The van der Waals surface area contributed by atoms with Gasteiger partial charge in [0.2, 0.25) is 0 Å². The van der Waals surface area contributed by atoms with Crippen LogP contribution in [0.1, 0.15) is 0 Å². The first kappa shape index (κ1) is 45.8. The monoisotopic (exact) mass is 1050 g/mol. The summed E-state index contributed by atoms with van der Waals surface area (Å²) in [6.07, 6.45) is 0. The SMILES string of the molecule is c1ccc(-c2cccc(-c3nc(-c4cc(-n5c6ccccc6c6ccccc65)cc(-n5c6ccccc6c6ccccc65)c4)nc(-c4cc(-n5c6ccccc6c6ccccc65)cc(-n5c6ccccc6c6ccccc65)c4)n3)c2)cc1. The molecule has 0 amide bonds. The molecule has 0 spiro atoms. The molecular formula is C75H47N7. The molecule has 17 rings (SSSR count). The number of benzene rings is 12. The quantitative estimate of drug-likeness (QED) is 0.152. The Morgan fingerprint density at radius 2 is 0.402 bits per heavy atom. The number of aromatic nitrogens is 7. The standard InChI is InChI=1S/C75H47N7/c1-2-21-48(22-3-1)49-23-20-24-50(41-49)73-76-74(51-42-53(79-65-33-12-4-25-57(65)58-26-5-13-34-66(58)79)46-54(43-51)80-67-35-14-6-27-59(67)60-28-7-15-36-68(60)80)78-75(77-73)52-44-55(81-69-37-16-8-29-61(69)62-30-9-17-38-70(62)81)47-56(45-52)82-71-39-18-10-31-63(71)64-32-11-19-40-72(64)82/h1-47H. The first-order valence-corrected chi connectivity index (χ1v) is 27.8. The van der Waals surface area contributed by atoms with Gasteiger partial charge in [0.05, 0.1) is 44.1 Å². The molecule has 0 aliphatic carbocycles. The molecule has 0 fully saturated rings. The molecule has 0 saturated carbocycles. The van der Waals surface area contributed by atoms with Crippen LogP contribution in [0.3, 0.4) is 0 Å². The van der Waals surface area contributed by atoms with Crippen molar-refractivity contribution in [2.75, 3.05) is 0 Å². The van der Waals surface area contributed by atoms with E-state index in [0.717, 1.165) is 94.7 Å². The van der Waals surface area contributed by atoms with Gasteiger partial charge >= 0.3 is 0 Å². The minimum atomic E-state index is 0.551. The number of nitrogens with zero attached hydrogens (tertiary/aromatic N) is 7. The Kier molecular flexibility index (Phi) is 10.2. The topological polar surface area (TPSA) is 58.4 Å². The summed E-state index contributed by atoms with van der Waals surface area (Å²) in [7, 11) is 0. The van der Waals surface area contributed by atoms with E-state index >= 15 is 0 Å². The summed E-state index contributed by atoms with van der Waals surface area (Å²) in [6.45, 7) is 0. The van der Waals surface area contributed by atoms with Gasteiger partial charge in [0.1, 0.15) is 0 Å². The molecule has 382 valence electrons. The molecule has 5 aromatic heterocycles. The van der Waals surface area contributed by atoms with Gasteiger partial charge in [0, 0.05) is 82.5 Å². The van der Waals surface area contributed by atoms with Crippen LogP contribution in [0, 0.1) is 0 Å². The van der Waals surface area contributed by atoms with Crippen molar-refractivity contribution in [3.8, 4) is 68.0 Å². The Labute approximate surface area is 471 Å². The van der Waals surface area contributed by atoms with Crippen LogP contribution < -0.4 is 0 Å². The maximum Gasteiger partial charge on any atom is 0.164 e. The summed E-state index contributed by atoms with van der Waals surface area (Å²) < 4.78 is 9.58. The van der Waals surface area contributed by atoms with Gasteiger partial charge in [-0.1, -0.05) is 194 Å². The molecule has 0 bridgehead atoms. The van der Waals surface area contributed by atoms with E-state index < -0.39 is 0 Å². The maximum atomic E-state index is 5.71. The minimum Gasteiger partial charge on any atom is -0.309 e. The molecule has 12 aromatic carbocycles. The third-order valence-corrected chi connectivity index (χ3v) is 16.5. The van der Waals surface area contributed by atoms with Gasteiger partial charge in [-0.2, -0.15) is 0 Å². The Morgan fingerprint density at radius 3 is 0.695 bits per heavy atom. The van der Waals surface area contributed by atoms with Crippen LogP contribution >= 0.6 is 0 Å². The molecule has 5 heterocycles. The first-order valence-electron chi connectivity index (χ1n) is 27.8. The zero-order valence-electron chi connectivity index (χ0n) is 44.3. The number of hydrogen-bond donors (Lipinski definition) is 0. The number of fused-ring (bicyclic) bond motifs is 12. The summed E-state index contributed by atoms with van der Waals surface area (Å²) in [6, 6.07) is 102. The maximum absolute atomic E-state index is 5.71. The van der Waals surface area contributed by atoms with Crippen LogP contribution in [0.25, 0.3) is 155 Å². The van der Waals surface area contributed by atoms with Gasteiger partial charge in [-0.15, -0.1) is 0 Å². The zero-order valence-corrected chi connectivity index (χ0v) is 44.3. The Balaban J connectivity index is 0.979. The van der Waals surface area contributed by atoms with Crippen molar-refractivity contribution in [3.63, 3.8) is 0 Å². The van der Waals surface area contributed by atoms with Gasteiger partial charge < -0.3 is 18.3 Å². The first-order chi connectivity index (χ1) is 40.7. The fourth-order valence-electron chi connectivity index (χ4n) is 13.0. The van der Waals surface area contributed by atoms with E-state index in [0.29, 0.717) is 17.5 Å². The Bertz CT molecular complexity index is 4650. The third-order valence-electron chi connectivity index (χ3n) is 16.5. The smallest absolute Gasteiger partial charge is 0.164 e. The van der Waals surface area contributed by atoms with Gasteiger partial charge in [-0.3, -0.25) is 0 Å². The molecular weight excluding hydrogens is 999 g/mol. The van der Waals surface area contributed by atoms with Crippen molar-refractivity contribution in [2.45, 2.75) is 0 Å². The Hall–Kier alpha value is -11.2. The molecule has 82 heavy (non-hydrogen) atoms. The lowest BCUT2D eigenvalue weighted by atomic mass is 10.0. The van der Waals surface area contributed by atoms with E-state index in [1.54, 1.807) is 0 Å². The second-order valence-electron chi connectivity index (χ2n) is 21.2. The molecule has 17 aromatic rings. The predicted octanol–water partition coefficient (Wildman–Crippen LogP) is 18.9. The molecule has 0 atom stereocenters. The number of hydrogen-bond acceptors (Lipinski definition) is 3. The van der Waals surface area contributed by atoms with E-state index in [1.807, 2.05) is 0 Å². The fourth-order valence-corrected chi connectivity index (χ4v) is 13.0. The largest absolute Gasteiger partial charge is 0.309 e. The summed E-state index contributed by atoms with van der Waals surface area (Å²) in [5, 5.41) is 9.50. The highest BCUT2D eigenvalue weighted by molar-refractivity contribution is 6.13. The van der Waals surface area contributed by atoms with Crippen LogP contribution in [-0.2, 0) is 0 Å². The molecule has 0 saturated heterocycles. The molecule has 0 radical (unpaired) electrons. The van der Waals surface area contributed by atoms with Crippen molar-refractivity contribution < 1.29 is 0 Å². The summed E-state index contributed by atoms with van der Waals surface area (Å²) in [5.41, 5.74) is 17.6. The third kappa shape index (κ3) is 7.13. The van der Waals surface area contributed by atoms with Gasteiger partial charge in [0.15, 0.2) is 17.5 Å². The highest BCUT2D eigenvalue weighted by Gasteiger charge is 2.23. The van der Waals surface area contributed by atoms with Gasteiger partial charge in [-0.05, 0) is 102 Å². The minimum absolute atomic E-state index is 0.551.